The van der Waals surface area contributed by atoms with Gasteiger partial charge in [-0.05, 0) is 30.7 Å². The number of ether oxygens (including phenoxy) is 1. The van der Waals surface area contributed by atoms with Gasteiger partial charge in [0.15, 0.2) is 0 Å². The highest BCUT2D eigenvalue weighted by Gasteiger charge is 2.34. The number of anilines is 1. The number of nitrogens with zero attached hydrogens (tertiary/aromatic N) is 2. The summed E-state index contributed by atoms with van der Waals surface area (Å²) >= 11 is 0. The number of nitrogens with one attached hydrogen (secondary N) is 1. The maximum absolute atomic E-state index is 12.6. The van der Waals surface area contributed by atoms with E-state index < -0.39 is 10.0 Å². The van der Waals surface area contributed by atoms with Gasteiger partial charge in [0.25, 0.3) is 0 Å². The average Bonchev–Trinajstić information content (AvgIpc) is 3.12. The van der Waals surface area contributed by atoms with Crippen LogP contribution in [-0.4, -0.2) is 37.9 Å². The molecule has 0 aromatic heterocycles. The lowest BCUT2D eigenvalue weighted by molar-refractivity contribution is -0.132. The minimum Gasteiger partial charge on any atom is -0.494 e. The summed E-state index contributed by atoms with van der Waals surface area (Å²) in [5.41, 5.74) is 2.85. The Balaban J connectivity index is 1.97. The van der Waals surface area contributed by atoms with E-state index in [0.717, 1.165) is 28.8 Å². The average molecular weight is 416 g/mol. The van der Waals surface area contributed by atoms with Crippen LogP contribution < -0.4 is 9.46 Å². The van der Waals surface area contributed by atoms with Crippen molar-refractivity contribution in [2.45, 2.75) is 32.7 Å². The minimum absolute atomic E-state index is 0.0817. The third-order valence-corrected chi connectivity index (χ3v) is 5.15. The van der Waals surface area contributed by atoms with Crippen molar-refractivity contribution in [1.29, 1.82) is 0 Å². The number of rotatable bonds is 7. The monoisotopic (exact) mass is 415 g/mol. The predicted molar refractivity (Wildman–Crippen MR) is 114 cm³/mol. The highest BCUT2D eigenvalue weighted by Crippen LogP contribution is 2.38. The molecule has 154 valence electrons. The van der Waals surface area contributed by atoms with E-state index in [-0.39, 0.29) is 11.9 Å². The van der Waals surface area contributed by atoms with Crippen molar-refractivity contribution in [3.63, 3.8) is 0 Å². The second-order valence-electron chi connectivity index (χ2n) is 6.78. The van der Waals surface area contributed by atoms with E-state index in [4.69, 9.17) is 4.74 Å². The van der Waals surface area contributed by atoms with Crippen molar-refractivity contribution in [2.75, 3.05) is 17.6 Å². The molecule has 2 aromatic rings. The molecule has 1 aliphatic rings. The molecule has 8 heteroatoms. The van der Waals surface area contributed by atoms with Gasteiger partial charge in [-0.25, -0.2) is 13.4 Å². The Morgan fingerprint density at radius 1 is 1.21 bits per heavy atom. The highest BCUT2D eigenvalue weighted by molar-refractivity contribution is 7.92. The third kappa shape index (κ3) is 4.95. The fourth-order valence-corrected chi connectivity index (χ4v) is 3.89. The second kappa shape index (κ2) is 8.65. The maximum atomic E-state index is 12.6. The molecule has 1 atom stereocenters. The summed E-state index contributed by atoms with van der Waals surface area (Å²) in [6.07, 6.45) is 1.95. The Kier molecular flexibility index (Phi) is 6.22. The van der Waals surface area contributed by atoms with Crippen molar-refractivity contribution in [3.05, 3.63) is 59.7 Å². The molecule has 0 spiro atoms. The van der Waals surface area contributed by atoms with Gasteiger partial charge in [-0.3, -0.25) is 9.52 Å². The number of amides is 1. The first-order valence-electron chi connectivity index (χ1n) is 9.52. The van der Waals surface area contributed by atoms with Gasteiger partial charge in [0.05, 0.1) is 24.6 Å². The molecule has 7 nitrogen and oxygen atoms in total. The molecule has 1 N–H and O–H groups in total. The van der Waals surface area contributed by atoms with Crippen LogP contribution in [0.2, 0.25) is 0 Å². The topological polar surface area (TPSA) is 88.1 Å². The van der Waals surface area contributed by atoms with Crippen LogP contribution in [0.5, 0.6) is 5.75 Å². The van der Waals surface area contributed by atoms with Gasteiger partial charge >= 0.3 is 0 Å². The Morgan fingerprint density at radius 2 is 1.97 bits per heavy atom. The summed E-state index contributed by atoms with van der Waals surface area (Å²) in [6, 6.07) is 14.4. The lowest BCUT2D eigenvalue weighted by atomic mass is 9.97. The molecule has 0 radical (unpaired) electrons. The number of carbonyl (C=O) groups is 1. The van der Waals surface area contributed by atoms with Crippen LogP contribution in [0.15, 0.2) is 53.6 Å². The van der Waals surface area contributed by atoms with Crippen LogP contribution in [0.1, 0.15) is 43.9 Å². The normalized spacial score (nSPS) is 16.4. The Morgan fingerprint density at radius 3 is 2.66 bits per heavy atom. The first-order chi connectivity index (χ1) is 13.8. The number of hydrogen-bond donors (Lipinski definition) is 1. The lowest BCUT2D eigenvalue weighted by Gasteiger charge is -2.23. The van der Waals surface area contributed by atoms with Crippen LogP contribution >= 0.6 is 0 Å². The van der Waals surface area contributed by atoms with Crippen molar-refractivity contribution in [1.82, 2.24) is 5.01 Å². The van der Waals surface area contributed by atoms with Crippen LogP contribution in [0.3, 0.4) is 0 Å². The van der Waals surface area contributed by atoms with Crippen molar-refractivity contribution in [2.24, 2.45) is 5.10 Å². The number of para-hydroxylation sites is 1. The zero-order chi connectivity index (χ0) is 21.0. The third-order valence-electron chi connectivity index (χ3n) is 4.55. The zero-order valence-electron chi connectivity index (χ0n) is 16.8. The minimum atomic E-state index is -3.38. The summed E-state index contributed by atoms with van der Waals surface area (Å²) < 4.78 is 31.3. The number of hydrazone groups is 1. The first-order valence-corrected chi connectivity index (χ1v) is 11.4. The molecule has 0 bridgehead atoms. The first kappa shape index (κ1) is 20.9. The lowest BCUT2D eigenvalue weighted by Crippen LogP contribution is -2.26. The van der Waals surface area contributed by atoms with Gasteiger partial charge in [0.2, 0.25) is 15.9 Å². The molecular weight excluding hydrogens is 390 g/mol. The largest absolute Gasteiger partial charge is 0.494 e. The fraction of sp³-hybridized carbons (Fsp3) is 0.333. The van der Waals surface area contributed by atoms with E-state index in [2.05, 4.69) is 9.82 Å². The molecule has 29 heavy (non-hydrogen) atoms. The number of carbonyl (C=O) groups excluding carboxylic acids is 1. The molecule has 2 aromatic carbocycles. The predicted octanol–water partition coefficient (Wildman–Crippen LogP) is 3.54. The summed E-state index contributed by atoms with van der Waals surface area (Å²) in [5.74, 6) is 0.652. The highest BCUT2D eigenvalue weighted by atomic mass is 32.2. The van der Waals surface area contributed by atoms with Gasteiger partial charge in [-0.1, -0.05) is 37.3 Å². The van der Waals surface area contributed by atoms with E-state index in [1.807, 2.05) is 37.3 Å². The zero-order valence-corrected chi connectivity index (χ0v) is 17.6. The van der Waals surface area contributed by atoms with Gasteiger partial charge in [0.1, 0.15) is 5.75 Å². The molecule has 1 amide bonds. The SMILES string of the molecule is CCOc1ccccc1[C@H]1CC(c2cccc(NS(C)(=O)=O)c2)=NN1C(=O)CC. The number of sulfonamides is 1. The van der Waals surface area contributed by atoms with E-state index in [0.29, 0.717) is 25.1 Å². The summed E-state index contributed by atoms with van der Waals surface area (Å²) in [4.78, 5) is 12.6. The summed E-state index contributed by atoms with van der Waals surface area (Å²) in [6.45, 7) is 4.25. The Labute approximate surface area is 171 Å². The summed E-state index contributed by atoms with van der Waals surface area (Å²) in [7, 11) is -3.38. The van der Waals surface area contributed by atoms with Gasteiger partial charge < -0.3 is 4.74 Å². The van der Waals surface area contributed by atoms with Crippen molar-refractivity contribution >= 4 is 27.3 Å². The van der Waals surface area contributed by atoms with Gasteiger partial charge in [0, 0.05) is 24.1 Å². The molecule has 0 aliphatic carbocycles. The van der Waals surface area contributed by atoms with Gasteiger partial charge in [-0.2, -0.15) is 5.10 Å². The molecule has 1 aliphatic heterocycles. The quantitative estimate of drug-likeness (QED) is 0.749. The second-order valence-corrected chi connectivity index (χ2v) is 8.53. The maximum Gasteiger partial charge on any atom is 0.242 e. The van der Waals surface area contributed by atoms with Crippen LogP contribution in [0.4, 0.5) is 5.69 Å². The smallest absolute Gasteiger partial charge is 0.242 e. The standard InChI is InChI=1S/C21H25N3O4S/c1-4-21(25)24-19(17-11-6-7-12-20(17)28-5-2)14-18(22-24)15-9-8-10-16(13-15)23-29(3,26)27/h6-13,19,23H,4-5,14H2,1-3H3/t19-/m1/s1. The molecule has 3 rings (SSSR count). The molecule has 0 unspecified atom stereocenters. The Hall–Kier alpha value is -2.87. The molecule has 0 saturated carbocycles. The number of hydrogen-bond acceptors (Lipinski definition) is 5. The molecule has 0 saturated heterocycles. The van der Waals surface area contributed by atoms with E-state index in [1.54, 1.807) is 25.1 Å². The number of benzene rings is 2. The molecule has 0 fully saturated rings. The molecule has 1 heterocycles. The van der Waals surface area contributed by atoms with Crippen molar-refractivity contribution < 1.29 is 17.9 Å². The van der Waals surface area contributed by atoms with E-state index in [9.17, 15) is 13.2 Å². The Bertz CT molecular complexity index is 1030. The summed E-state index contributed by atoms with van der Waals surface area (Å²) in [5, 5.41) is 6.11. The van der Waals surface area contributed by atoms with E-state index in [1.165, 1.54) is 5.01 Å². The van der Waals surface area contributed by atoms with E-state index >= 15 is 0 Å². The van der Waals surface area contributed by atoms with Crippen LogP contribution in [0.25, 0.3) is 0 Å². The van der Waals surface area contributed by atoms with Crippen molar-refractivity contribution in [3.8, 4) is 5.75 Å². The van der Waals surface area contributed by atoms with Crippen LogP contribution in [0, 0.1) is 0 Å². The van der Waals surface area contributed by atoms with Gasteiger partial charge in [-0.15, -0.1) is 0 Å². The fourth-order valence-electron chi connectivity index (χ4n) is 3.34. The molecular formula is C21H25N3O4S. The van der Waals surface area contributed by atoms with Crippen LogP contribution in [-0.2, 0) is 14.8 Å².